The average Bonchev–Trinajstić information content (AvgIpc) is 2.16. The molecule has 0 aliphatic rings. The van der Waals surface area contributed by atoms with Crippen molar-refractivity contribution in [1.82, 2.24) is 0 Å². The van der Waals surface area contributed by atoms with Gasteiger partial charge in [0.05, 0.1) is 16.3 Å². The lowest BCUT2D eigenvalue weighted by atomic mass is 10.1. The molecule has 4 heteroatoms. The highest BCUT2D eigenvalue weighted by Gasteiger charge is 2.15. The Labute approximate surface area is 87.9 Å². The fourth-order valence-electron chi connectivity index (χ4n) is 1.23. The second-order valence-corrected chi connectivity index (χ2v) is 3.36. The second kappa shape index (κ2) is 4.33. The highest BCUT2D eigenvalue weighted by Crippen LogP contribution is 2.28. The van der Waals surface area contributed by atoms with Gasteiger partial charge in [0.2, 0.25) is 0 Å². The maximum Gasteiger partial charge on any atom is 0.337 e. The van der Waals surface area contributed by atoms with Gasteiger partial charge in [-0.15, -0.1) is 0 Å². The maximum absolute atomic E-state index is 10.9. The van der Waals surface area contributed by atoms with E-state index in [0.717, 1.165) is 0 Å². The topological polar surface area (TPSA) is 40.5 Å². The van der Waals surface area contributed by atoms with Crippen molar-refractivity contribution < 1.29 is 9.90 Å². The number of rotatable bonds is 3. The van der Waals surface area contributed by atoms with E-state index < -0.39 is 5.97 Å². The van der Waals surface area contributed by atoms with E-state index in [9.17, 15) is 4.79 Å². The molecule has 0 saturated carbocycles. The van der Waals surface area contributed by atoms with Gasteiger partial charge in [0.15, 0.2) is 0 Å². The van der Waals surface area contributed by atoms with Crippen LogP contribution in [0.25, 0.3) is 0 Å². The van der Waals surface area contributed by atoms with Gasteiger partial charge < -0.3 is 10.0 Å². The van der Waals surface area contributed by atoms with Crippen LogP contribution in [0.3, 0.4) is 0 Å². The fraction of sp³-hybridized carbons (Fsp3) is 0.300. The summed E-state index contributed by atoms with van der Waals surface area (Å²) in [6.45, 7) is 2.65. The van der Waals surface area contributed by atoms with Crippen LogP contribution in [-0.2, 0) is 0 Å². The smallest absolute Gasteiger partial charge is 0.337 e. The summed E-state index contributed by atoms with van der Waals surface area (Å²) in [5.41, 5.74) is 0.811. The van der Waals surface area contributed by atoms with Crippen molar-refractivity contribution in [1.29, 1.82) is 0 Å². The third kappa shape index (κ3) is 1.99. The first-order valence-electron chi connectivity index (χ1n) is 4.30. The van der Waals surface area contributed by atoms with Gasteiger partial charge in [-0.25, -0.2) is 4.79 Å². The number of halogens is 1. The van der Waals surface area contributed by atoms with Crippen LogP contribution in [0.4, 0.5) is 5.69 Å². The quantitative estimate of drug-likeness (QED) is 0.839. The molecule has 0 aliphatic carbocycles. The highest BCUT2D eigenvalue weighted by atomic mass is 35.5. The van der Waals surface area contributed by atoms with Crippen molar-refractivity contribution in [3.8, 4) is 0 Å². The summed E-state index contributed by atoms with van der Waals surface area (Å²) < 4.78 is 0. The van der Waals surface area contributed by atoms with E-state index in [-0.39, 0.29) is 5.56 Å². The Morgan fingerprint density at radius 2 is 2.21 bits per heavy atom. The number of benzene rings is 1. The fourth-order valence-corrected chi connectivity index (χ4v) is 1.55. The van der Waals surface area contributed by atoms with E-state index in [1.165, 1.54) is 0 Å². The van der Waals surface area contributed by atoms with Gasteiger partial charge >= 0.3 is 5.97 Å². The van der Waals surface area contributed by atoms with Gasteiger partial charge in [-0.05, 0) is 19.1 Å². The van der Waals surface area contributed by atoms with Gasteiger partial charge in [-0.3, -0.25) is 0 Å². The van der Waals surface area contributed by atoms with Crippen LogP contribution in [0.5, 0.6) is 0 Å². The number of carboxylic acid groups (broad SMARTS) is 1. The second-order valence-electron chi connectivity index (χ2n) is 2.96. The predicted molar refractivity (Wildman–Crippen MR) is 57.4 cm³/mol. The number of para-hydroxylation sites is 1. The monoisotopic (exact) mass is 213 g/mol. The first-order valence-corrected chi connectivity index (χ1v) is 4.68. The van der Waals surface area contributed by atoms with Crippen LogP contribution >= 0.6 is 11.6 Å². The summed E-state index contributed by atoms with van der Waals surface area (Å²) in [6, 6.07) is 4.88. The number of anilines is 1. The molecule has 0 fully saturated rings. The zero-order valence-electron chi connectivity index (χ0n) is 8.12. The first kappa shape index (κ1) is 10.9. The van der Waals surface area contributed by atoms with Crippen molar-refractivity contribution in [3.05, 3.63) is 28.8 Å². The highest BCUT2D eigenvalue weighted by molar-refractivity contribution is 6.34. The molecule has 0 aliphatic heterocycles. The van der Waals surface area contributed by atoms with Crippen LogP contribution in [0.1, 0.15) is 17.3 Å². The molecule has 0 aromatic heterocycles. The van der Waals surface area contributed by atoms with Gasteiger partial charge in [-0.2, -0.15) is 0 Å². The maximum atomic E-state index is 10.9. The Bertz CT molecular complexity index is 352. The number of carbonyl (C=O) groups is 1. The molecule has 14 heavy (non-hydrogen) atoms. The molecule has 0 bridgehead atoms. The molecule has 0 heterocycles. The first-order chi connectivity index (χ1) is 6.57. The van der Waals surface area contributed by atoms with E-state index in [2.05, 4.69) is 0 Å². The van der Waals surface area contributed by atoms with E-state index in [0.29, 0.717) is 17.3 Å². The summed E-state index contributed by atoms with van der Waals surface area (Å²) in [7, 11) is 1.81. The predicted octanol–water partition coefficient (Wildman–Crippen LogP) is 2.49. The largest absolute Gasteiger partial charge is 0.478 e. The SMILES string of the molecule is CCN(C)c1c(Cl)cccc1C(=O)O. The summed E-state index contributed by atoms with van der Waals surface area (Å²) in [4.78, 5) is 12.7. The molecule has 1 aromatic rings. The summed E-state index contributed by atoms with van der Waals surface area (Å²) >= 11 is 5.94. The van der Waals surface area contributed by atoms with Crippen molar-refractivity contribution in [3.63, 3.8) is 0 Å². The Balaban J connectivity index is 3.29. The number of hydrogen-bond acceptors (Lipinski definition) is 2. The van der Waals surface area contributed by atoms with E-state index in [4.69, 9.17) is 16.7 Å². The van der Waals surface area contributed by atoms with Crippen molar-refractivity contribution in [2.24, 2.45) is 0 Å². The van der Waals surface area contributed by atoms with Gasteiger partial charge in [0.25, 0.3) is 0 Å². The lowest BCUT2D eigenvalue weighted by Gasteiger charge is -2.20. The lowest BCUT2D eigenvalue weighted by molar-refractivity contribution is 0.0697. The number of aromatic carboxylic acids is 1. The molecule has 0 radical (unpaired) electrons. The van der Waals surface area contributed by atoms with E-state index in [1.54, 1.807) is 18.2 Å². The summed E-state index contributed by atoms with van der Waals surface area (Å²) in [5, 5.41) is 9.42. The molecule has 0 saturated heterocycles. The standard InChI is InChI=1S/C10H12ClNO2/c1-3-12(2)9-7(10(13)14)5-4-6-8(9)11/h4-6H,3H2,1-2H3,(H,13,14). The molecular weight excluding hydrogens is 202 g/mol. The molecular formula is C10H12ClNO2. The lowest BCUT2D eigenvalue weighted by Crippen LogP contribution is -2.19. The van der Waals surface area contributed by atoms with Crippen LogP contribution in [0.15, 0.2) is 18.2 Å². The Kier molecular flexibility index (Phi) is 3.36. The van der Waals surface area contributed by atoms with Crippen molar-refractivity contribution in [2.75, 3.05) is 18.5 Å². The normalized spacial score (nSPS) is 9.93. The Morgan fingerprint density at radius 3 is 2.71 bits per heavy atom. The van der Waals surface area contributed by atoms with E-state index in [1.807, 2.05) is 18.9 Å². The minimum Gasteiger partial charge on any atom is -0.478 e. The molecule has 3 nitrogen and oxygen atoms in total. The van der Waals surface area contributed by atoms with Crippen LogP contribution in [0, 0.1) is 0 Å². The third-order valence-electron chi connectivity index (χ3n) is 2.07. The van der Waals surface area contributed by atoms with Gasteiger partial charge in [-0.1, -0.05) is 17.7 Å². The van der Waals surface area contributed by atoms with Crippen molar-refractivity contribution in [2.45, 2.75) is 6.92 Å². The molecule has 1 aromatic carbocycles. The van der Waals surface area contributed by atoms with Crippen molar-refractivity contribution >= 4 is 23.3 Å². The minimum absolute atomic E-state index is 0.238. The Morgan fingerprint density at radius 1 is 1.57 bits per heavy atom. The molecule has 0 amide bonds. The van der Waals surface area contributed by atoms with Crippen LogP contribution in [0.2, 0.25) is 5.02 Å². The van der Waals surface area contributed by atoms with Gasteiger partial charge in [0, 0.05) is 13.6 Å². The third-order valence-corrected chi connectivity index (χ3v) is 2.38. The average molecular weight is 214 g/mol. The summed E-state index contributed by atoms with van der Waals surface area (Å²) in [6.07, 6.45) is 0. The number of hydrogen-bond donors (Lipinski definition) is 1. The van der Waals surface area contributed by atoms with Crippen LogP contribution < -0.4 is 4.90 Å². The van der Waals surface area contributed by atoms with Crippen LogP contribution in [-0.4, -0.2) is 24.7 Å². The molecule has 0 atom stereocenters. The number of carboxylic acids is 1. The minimum atomic E-state index is -0.956. The molecule has 76 valence electrons. The number of nitrogens with zero attached hydrogens (tertiary/aromatic N) is 1. The zero-order valence-corrected chi connectivity index (χ0v) is 8.88. The van der Waals surface area contributed by atoms with E-state index >= 15 is 0 Å². The van der Waals surface area contributed by atoms with Gasteiger partial charge in [0.1, 0.15) is 0 Å². The molecule has 1 N–H and O–H groups in total. The Hall–Kier alpha value is -1.22. The summed E-state index contributed by atoms with van der Waals surface area (Å²) in [5.74, 6) is -0.956. The molecule has 0 spiro atoms. The molecule has 1 rings (SSSR count). The zero-order chi connectivity index (χ0) is 10.7. The molecule has 0 unspecified atom stereocenters.